The first kappa shape index (κ1) is 14.0. The van der Waals surface area contributed by atoms with Gasteiger partial charge >= 0.3 is 0 Å². The number of carbonyl (C=O) groups is 1. The molecule has 7 heteroatoms. The van der Waals surface area contributed by atoms with Gasteiger partial charge < -0.3 is 9.84 Å². The summed E-state index contributed by atoms with van der Waals surface area (Å²) in [5.41, 5.74) is 0.503. The second kappa shape index (κ2) is 6.16. The van der Waals surface area contributed by atoms with Gasteiger partial charge in [0.2, 0.25) is 5.89 Å². The van der Waals surface area contributed by atoms with Gasteiger partial charge in [-0.25, -0.2) is 0 Å². The molecule has 0 aliphatic rings. The van der Waals surface area contributed by atoms with Crippen LogP contribution in [-0.2, 0) is 6.42 Å². The van der Waals surface area contributed by atoms with Gasteiger partial charge in [0.25, 0.3) is 5.91 Å². The van der Waals surface area contributed by atoms with Crippen molar-refractivity contribution in [3.05, 3.63) is 45.0 Å². The lowest BCUT2D eigenvalue weighted by Gasteiger charge is -2.04. The molecule has 0 fully saturated rings. The SMILES string of the molecule is Cc1nc(CCNC(=O)c2cc(Cl)cc(Br)c2)no1. The highest BCUT2D eigenvalue weighted by molar-refractivity contribution is 9.10. The maximum absolute atomic E-state index is 11.9. The highest BCUT2D eigenvalue weighted by Crippen LogP contribution is 2.19. The molecule has 19 heavy (non-hydrogen) atoms. The smallest absolute Gasteiger partial charge is 0.251 e. The van der Waals surface area contributed by atoms with Gasteiger partial charge in [-0.15, -0.1) is 0 Å². The van der Waals surface area contributed by atoms with Gasteiger partial charge in [-0.1, -0.05) is 32.7 Å². The minimum atomic E-state index is -0.191. The largest absolute Gasteiger partial charge is 0.352 e. The van der Waals surface area contributed by atoms with Crippen molar-refractivity contribution >= 4 is 33.4 Å². The van der Waals surface area contributed by atoms with E-state index in [2.05, 4.69) is 31.4 Å². The average Bonchev–Trinajstić information content (AvgIpc) is 2.73. The summed E-state index contributed by atoms with van der Waals surface area (Å²) in [6.07, 6.45) is 0.519. The Morgan fingerprint density at radius 1 is 1.47 bits per heavy atom. The number of aromatic nitrogens is 2. The van der Waals surface area contributed by atoms with E-state index in [1.54, 1.807) is 25.1 Å². The van der Waals surface area contributed by atoms with Gasteiger partial charge in [0.15, 0.2) is 5.82 Å². The number of nitrogens with zero attached hydrogens (tertiary/aromatic N) is 2. The summed E-state index contributed by atoms with van der Waals surface area (Å²) in [6, 6.07) is 5.04. The zero-order valence-corrected chi connectivity index (χ0v) is 12.5. The zero-order chi connectivity index (χ0) is 13.8. The van der Waals surface area contributed by atoms with Crippen molar-refractivity contribution in [3.63, 3.8) is 0 Å². The molecule has 0 unspecified atom stereocenters. The Morgan fingerprint density at radius 3 is 2.89 bits per heavy atom. The molecule has 0 spiro atoms. The fourth-order valence-electron chi connectivity index (χ4n) is 1.52. The molecule has 0 aliphatic heterocycles. The Hall–Kier alpha value is -1.40. The molecule has 5 nitrogen and oxygen atoms in total. The molecule has 2 aromatic rings. The van der Waals surface area contributed by atoms with Crippen LogP contribution < -0.4 is 5.32 Å². The number of rotatable bonds is 4. The number of nitrogens with one attached hydrogen (secondary N) is 1. The van der Waals surface area contributed by atoms with Crippen LogP contribution in [0.2, 0.25) is 5.02 Å². The van der Waals surface area contributed by atoms with Crippen LogP contribution in [0.1, 0.15) is 22.1 Å². The Balaban J connectivity index is 1.90. The lowest BCUT2D eigenvalue weighted by Crippen LogP contribution is -2.25. The number of carbonyl (C=O) groups excluding carboxylic acids is 1. The molecule has 1 aromatic heterocycles. The van der Waals surface area contributed by atoms with E-state index in [9.17, 15) is 4.79 Å². The molecule has 0 radical (unpaired) electrons. The van der Waals surface area contributed by atoms with Gasteiger partial charge in [0.05, 0.1) is 0 Å². The maximum Gasteiger partial charge on any atom is 0.251 e. The topological polar surface area (TPSA) is 68.0 Å². The number of amides is 1. The second-order valence-corrected chi connectivity index (χ2v) is 5.25. The highest BCUT2D eigenvalue weighted by atomic mass is 79.9. The van der Waals surface area contributed by atoms with Gasteiger partial charge in [-0.2, -0.15) is 4.98 Å². The summed E-state index contributed by atoms with van der Waals surface area (Å²) in [5.74, 6) is 0.897. The first-order valence-electron chi connectivity index (χ1n) is 5.58. The predicted molar refractivity (Wildman–Crippen MR) is 74.2 cm³/mol. The van der Waals surface area contributed by atoms with E-state index in [1.165, 1.54) is 0 Å². The third kappa shape index (κ3) is 4.04. The van der Waals surface area contributed by atoms with Gasteiger partial charge in [-0.05, 0) is 18.2 Å². The van der Waals surface area contributed by atoms with Crippen LogP contribution in [0.25, 0.3) is 0 Å². The predicted octanol–water partition coefficient (Wildman–Crippen LogP) is 2.77. The first-order valence-corrected chi connectivity index (χ1v) is 6.75. The van der Waals surface area contributed by atoms with E-state index in [-0.39, 0.29) is 5.91 Å². The van der Waals surface area contributed by atoms with Crippen LogP contribution in [0.15, 0.2) is 27.2 Å². The van der Waals surface area contributed by atoms with Crippen molar-refractivity contribution in [1.29, 1.82) is 0 Å². The Bertz CT molecular complexity index is 580. The lowest BCUT2D eigenvalue weighted by molar-refractivity contribution is 0.0954. The summed E-state index contributed by atoms with van der Waals surface area (Å²) < 4.78 is 5.60. The molecule has 0 saturated heterocycles. The summed E-state index contributed by atoms with van der Waals surface area (Å²) in [6.45, 7) is 2.15. The maximum atomic E-state index is 11.9. The van der Waals surface area contributed by atoms with Crippen LogP contribution in [0.5, 0.6) is 0 Å². The average molecular weight is 345 g/mol. The minimum Gasteiger partial charge on any atom is -0.352 e. The number of halogens is 2. The summed E-state index contributed by atoms with van der Waals surface area (Å²) in [4.78, 5) is 15.9. The van der Waals surface area contributed by atoms with Crippen molar-refractivity contribution < 1.29 is 9.32 Å². The van der Waals surface area contributed by atoms with Gasteiger partial charge in [0, 0.05) is 34.9 Å². The molecule has 1 N–H and O–H groups in total. The fraction of sp³-hybridized carbons (Fsp3) is 0.250. The molecule has 0 bridgehead atoms. The van der Waals surface area contributed by atoms with E-state index >= 15 is 0 Å². The van der Waals surface area contributed by atoms with Crippen molar-refractivity contribution in [3.8, 4) is 0 Å². The van der Waals surface area contributed by atoms with E-state index in [1.807, 2.05) is 0 Å². The summed E-state index contributed by atoms with van der Waals surface area (Å²) in [7, 11) is 0. The number of hydrogen-bond donors (Lipinski definition) is 1. The molecule has 1 aromatic carbocycles. The van der Waals surface area contributed by atoms with E-state index < -0.39 is 0 Å². The zero-order valence-electron chi connectivity index (χ0n) is 10.1. The van der Waals surface area contributed by atoms with Crippen LogP contribution in [0.4, 0.5) is 0 Å². The van der Waals surface area contributed by atoms with Crippen molar-refractivity contribution in [2.24, 2.45) is 0 Å². The summed E-state index contributed by atoms with van der Waals surface area (Å²) in [5, 5.41) is 7.03. The van der Waals surface area contributed by atoms with Crippen molar-refractivity contribution in [2.75, 3.05) is 6.54 Å². The molecule has 1 heterocycles. The number of benzene rings is 1. The van der Waals surface area contributed by atoms with Crippen molar-refractivity contribution in [1.82, 2.24) is 15.5 Å². The van der Waals surface area contributed by atoms with E-state index in [0.717, 1.165) is 4.47 Å². The molecular weight excluding hydrogens is 334 g/mol. The Kier molecular flexibility index (Phi) is 4.55. The van der Waals surface area contributed by atoms with Gasteiger partial charge in [-0.3, -0.25) is 4.79 Å². The third-order valence-corrected chi connectivity index (χ3v) is 3.00. The molecule has 1 amide bonds. The normalized spacial score (nSPS) is 10.5. The van der Waals surface area contributed by atoms with Gasteiger partial charge in [0.1, 0.15) is 0 Å². The van der Waals surface area contributed by atoms with E-state index in [0.29, 0.717) is 35.3 Å². The van der Waals surface area contributed by atoms with Crippen LogP contribution >= 0.6 is 27.5 Å². The molecule has 2 rings (SSSR count). The number of hydrogen-bond acceptors (Lipinski definition) is 4. The molecule has 0 saturated carbocycles. The Morgan fingerprint density at radius 2 is 2.26 bits per heavy atom. The lowest BCUT2D eigenvalue weighted by atomic mass is 10.2. The molecule has 0 atom stereocenters. The standard InChI is InChI=1S/C12H11BrClN3O2/c1-7-16-11(17-19-7)2-3-15-12(18)8-4-9(13)6-10(14)5-8/h4-6H,2-3H2,1H3,(H,15,18). The van der Waals surface area contributed by atoms with Crippen molar-refractivity contribution in [2.45, 2.75) is 13.3 Å². The second-order valence-electron chi connectivity index (χ2n) is 3.89. The number of aryl methyl sites for hydroxylation is 1. The monoisotopic (exact) mass is 343 g/mol. The Labute approximate surface area is 123 Å². The van der Waals surface area contributed by atoms with E-state index in [4.69, 9.17) is 16.1 Å². The molecule has 0 aliphatic carbocycles. The third-order valence-electron chi connectivity index (χ3n) is 2.33. The molecular formula is C12H11BrClN3O2. The van der Waals surface area contributed by atoms with Crippen LogP contribution in [-0.4, -0.2) is 22.6 Å². The quantitative estimate of drug-likeness (QED) is 0.926. The minimum absolute atomic E-state index is 0.191. The molecule has 100 valence electrons. The van der Waals surface area contributed by atoms with Crippen LogP contribution in [0, 0.1) is 6.92 Å². The fourth-order valence-corrected chi connectivity index (χ4v) is 2.38. The highest BCUT2D eigenvalue weighted by Gasteiger charge is 2.08. The van der Waals surface area contributed by atoms with Crippen LogP contribution in [0.3, 0.4) is 0 Å². The first-order chi connectivity index (χ1) is 9.04. The summed E-state index contributed by atoms with van der Waals surface area (Å²) >= 11 is 9.18.